The molecule has 6 heteroatoms. The van der Waals surface area contributed by atoms with Crippen LogP contribution in [0.25, 0.3) is 10.9 Å². The van der Waals surface area contributed by atoms with Crippen LogP contribution in [0.2, 0.25) is 0 Å². The Morgan fingerprint density at radius 3 is 2.50 bits per heavy atom. The van der Waals surface area contributed by atoms with Gasteiger partial charge >= 0.3 is 0 Å². The molecule has 1 amide bonds. The number of carbonyl (C=O) groups excluding carboxylic acids is 1. The molecule has 0 unspecified atom stereocenters. The number of morpholine rings is 1. The lowest BCUT2D eigenvalue weighted by molar-refractivity contribution is -0.0168. The first kappa shape index (κ1) is 18.8. The number of ether oxygens (including phenoxy) is 1. The summed E-state index contributed by atoms with van der Waals surface area (Å²) in [4.78, 5) is 20.3. The van der Waals surface area contributed by atoms with Gasteiger partial charge < -0.3 is 14.6 Å². The molecule has 160 valence electrons. The number of nitrogens with zero attached hydrogens (tertiary/aromatic N) is 3. The topological polar surface area (TPSA) is 59.4 Å². The van der Waals surface area contributed by atoms with E-state index in [2.05, 4.69) is 19.8 Å². The van der Waals surface area contributed by atoms with Crippen LogP contribution in [0.1, 0.15) is 49.0 Å². The van der Waals surface area contributed by atoms with E-state index < -0.39 is 0 Å². The van der Waals surface area contributed by atoms with Crippen LogP contribution in [-0.4, -0.2) is 58.7 Å². The summed E-state index contributed by atoms with van der Waals surface area (Å²) in [6.07, 6.45) is 11.4. The first-order valence-electron chi connectivity index (χ1n) is 11.7. The Morgan fingerprint density at radius 2 is 1.80 bits per heavy atom. The molecule has 2 aromatic heterocycles. The highest BCUT2D eigenvalue weighted by Gasteiger charge is 2.51. The molecule has 4 bridgehead atoms. The van der Waals surface area contributed by atoms with Gasteiger partial charge in [-0.05, 0) is 68.4 Å². The number of hydrogen-bond donors (Lipinski definition) is 1. The lowest BCUT2D eigenvalue weighted by Gasteiger charge is -2.56. The summed E-state index contributed by atoms with van der Waals surface area (Å²) < 4.78 is 7.69. The van der Waals surface area contributed by atoms with Crippen LogP contribution in [-0.2, 0) is 11.3 Å². The fourth-order valence-electron chi connectivity index (χ4n) is 7.18. The Morgan fingerprint density at radius 1 is 1.10 bits per heavy atom. The van der Waals surface area contributed by atoms with Gasteiger partial charge in [0.05, 0.1) is 18.7 Å². The molecule has 4 saturated carbocycles. The first-order valence-corrected chi connectivity index (χ1v) is 11.7. The molecule has 5 aliphatic rings. The maximum atomic E-state index is 13.6. The zero-order valence-corrected chi connectivity index (χ0v) is 17.7. The number of carbonyl (C=O) groups is 1. The summed E-state index contributed by atoms with van der Waals surface area (Å²) in [6, 6.07) is 4.08. The van der Waals surface area contributed by atoms with Gasteiger partial charge in [-0.1, -0.05) is 0 Å². The van der Waals surface area contributed by atoms with E-state index in [0.717, 1.165) is 73.7 Å². The molecule has 2 aromatic rings. The maximum Gasteiger partial charge on any atom is 0.268 e. The van der Waals surface area contributed by atoms with Crippen LogP contribution in [0.15, 0.2) is 24.5 Å². The standard InChI is InChI=1S/C24H32N4O2/c29-23(26-24-13-17-9-18(14-24)11-19(10-17)15-24)22-12-20-16-25-2-1-21(20)28(22)4-3-27-5-7-30-8-6-27/h1-2,12,16-19H,3-11,13-15H2,(H,26,29). The maximum absolute atomic E-state index is 13.6. The second-order valence-corrected chi connectivity index (χ2v) is 10.2. The van der Waals surface area contributed by atoms with Crippen molar-refractivity contribution in [3.8, 4) is 0 Å². The summed E-state index contributed by atoms with van der Waals surface area (Å²) in [6.45, 7) is 5.29. The van der Waals surface area contributed by atoms with Crippen molar-refractivity contribution in [2.45, 2.75) is 50.6 Å². The van der Waals surface area contributed by atoms with Crippen LogP contribution in [0.4, 0.5) is 0 Å². The SMILES string of the molecule is O=C(NC12CC3CC(CC(C3)C1)C2)c1cc2cnccc2n1CCN1CCOCC1. The third kappa shape index (κ3) is 3.34. The number of pyridine rings is 1. The summed E-state index contributed by atoms with van der Waals surface area (Å²) in [5.74, 6) is 2.59. The Balaban J connectivity index is 1.26. The van der Waals surface area contributed by atoms with E-state index in [-0.39, 0.29) is 11.4 Å². The Hall–Kier alpha value is -1.92. The summed E-state index contributed by atoms with van der Waals surface area (Å²) >= 11 is 0. The van der Waals surface area contributed by atoms with Crippen molar-refractivity contribution in [2.75, 3.05) is 32.8 Å². The van der Waals surface area contributed by atoms with Gasteiger partial charge in [-0.3, -0.25) is 14.7 Å². The van der Waals surface area contributed by atoms with Crippen LogP contribution in [0.5, 0.6) is 0 Å². The van der Waals surface area contributed by atoms with Crippen molar-refractivity contribution >= 4 is 16.8 Å². The van der Waals surface area contributed by atoms with Crippen molar-refractivity contribution in [1.82, 2.24) is 19.8 Å². The van der Waals surface area contributed by atoms with E-state index in [4.69, 9.17) is 4.74 Å². The van der Waals surface area contributed by atoms with Gasteiger partial charge in [-0.25, -0.2) is 0 Å². The minimum absolute atomic E-state index is 0.0373. The second kappa shape index (κ2) is 7.34. The third-order valence-corrected chi connectivity index (χ3v) is 8.09. The number of amides is 1. The highest BCUT2D eigenvalue weighted by atomic mass is 16.5. The summed E-state index contributed by atoms with van der Waals surface area (Å²) in [5.41, 5.74) is 1.94. The van der Waals surface area contributed by atoms with E-state index in [9.17, 15) is 4.79 Å². The highest BCUT2D eigenvalue weighted by molar-refractivity contribution is 5.99. The molecule has 1 saturated heterocycles. The number of aromatic nitrogens is 2. The molecule has 0 atom stereocenters. The van der Waals surface area contributed by atoms with Gasteiger partial charge in [-0.15, -0.1) is 0 Å². The van der Waals surface area contributed by atoms with Gasteiger partial charge in [-0.2, -0.15) is 0 Å². The van der Waals surface area contributed by atoms with Crippen molar-refractivity contribution in [3.63, 3.8) is 0 Å². The third-order valence-electron chi connectivity index (χ3n) is 8.09. The van der Waals surface area contributed by atoms with Gasteiger partial charge in [0, 0.05) is 49.5 Å². The second-order valence-electron chi connectivity index (χ2n) is 10.2. The molecule has 1 aliphatic heterocycles. The van der Waals surface area contributed by atoms with Crippen LogP contribution in [0.3, 0.4) is 0 Å². The lowest BCUT2D eigenvalue weighted by Crippen LogP contribution is -2.60. The van der Waals surface area contributed by atoms with Gasteiger partial charge in [0.25, 0.3) is 5.91 Å². The first-order chi connectivity index (χ1) is 14.7. The molecule has 1 N–H and O–H groups in total. The average Bonchev–Trinajstić information content (AvgIpc) is 3.10. The quantitative estimate of drug-likeness (QED) is 0.826. The molecular formula is C24H32N4O2. The zero-order valence-electron chi connectivity index (χ0n) is 17.7. The predicted octanol–water partition coefficient (Wildman–Crippen LogP) is 3.07. The fourth-order valence-corrected chi connectivity index (χ4v) is 7.18. The number of nitrogens with one attached hydrogen (secondary N) is 1. The molecule has 0 aromatic carbocycles. The predicted molar refractivity (Wildman–Crippen MR) is 115 cm³/mol. The van der Waals surface area contributed by atoms with E-state index in [1.807, 2.05) is 24.5 Å². The molecular weight excluding hydrogens is 376 g/mol. The number of rotatable bonds is 5. The van der Waals surface area contributed by atoms with Gasteiger partial charge in [0.2, 0.25) is 0 Å². The van der Waals surface area contributed by atoms with Crippen molar-refractivity contribution in [2.24, 2.45) is 17.8 Å². The van der Waals surface area contributed by atoms with Crippen LogP contribution < -0.4 is 5.32 Å². The Bertz CT molecular complexity index is 911. The van der Waals surface area contributed by atoms with Crippen molar-refractivity contribution in [1.29, 1.82) is 0 Å². The largest absolute Gasteiger partial charge is 0.379 e. The van der Waals surface area contributed by atoms with Gasteiger partial charge in [0.15, 0.2) is 0 Å². The molecule has 7 rings (SSSR count). The monoisotopic (exact) mass is 408 g/mol. The Labute approximate surface area is 178 Å². The molecule has 6 nitrogen and oxygen atoms in total. The minimum atomic E-state index is 0.0373. The molecule has 0 radical (unpaired) electrons. The van der Waals surface area contributed by atoms with E-state index in [1.165, 1.54) is 38.5 Å². The average molecular weight is 409 g/mol. The van der Waals surface area contributed by atoms with Crippen LogP contribution >= 0.6 is 0 Å². The molecule has 3 heterocycles. The smallest absolute Gasteiger partial charge is 0.268 e. The van der Waals surface area contributed by atoms with Crippen LogP contribution in [0, 0.1) is 17.8 Å². The zero-order chi connectivity index (χ0) is 20.1. The lowest BCUT2D eigenvalue weighted by atomic mass is 9.53. The molecule has 0 spiro atoms. The highest BCUT2D eigenvalue weighted by Crippen LogP contribution is 2.55. The minimum Gasteiger partial charge on any atom is -0.379 e. The summed E-state index contributed by atoms with van der Waals surface area (Å²) in [7, 11) is 0. The fraction of sp³-hybridized carbons (Fsp3) is 0.667. The van der Waals surface area contributed by atoms with E-state index >= 15 is 0 Å². The normalized spacial score (nSPS) is 33.3. The van der Waals surface area contributed by atoms with Crippen molar-refractivity contribution in [3.05, 3.63) is 30.2 Å². The molecule has 30 heavy (non-hydrogen) atoms. The van der Waals surface area contributed by atoms with Gasteiger partial charge in [0.1, 0.15) is 5.69 Å². The van der Waals surface area contributed by atoms with E-state index in [0.29, 0.717) is 0 Å². The molecule has 4 aliphatic carbocycles. The summed E-state index contributed by atoms with van der Waals surface area (Å²) in [5, 5.41) is 4.62. The molecule has 5 fully saturated rings. The van der Waals surface area contributed by atoms with E-state index in [1.54, 1.807) is 0 Å². The van der Waals surface area contributed by atoms with Crippen molar-refractivity contribution < 1.29 is 9.53 Å². The number of hydrogen-bond acceptors (Lipinski definition) is 4. The Kier molecular flexibility index (Phi) is 4.61. The number of fused-ring (bicyclic) bond motifs is 1.